The van der Waals surface area contributed by atoms with E-state index in [2.05, 4.69) is 15.6 Å². The molecule has 0 saturated carbocycles. The Kier molecular flexibility index (Phi) is 0.868. The zero-order valence-corrected chi connectivity index (χ0v) is 4.65. The van der Waals surface area contributed by atoms with Crippen molar-refractivity contribution in [1.29, 1.82) is 0 Å². The van der Waals surface area contributed by atoms with Crippen LogP contribution in [0.3, 0.4) is 0 Å². The van der Waals surface area contributed by atoms with E-state index in [4.69, 9.17) is 0 Å². The number of allylic oxidation sites excluding steroid dienone is 1. The van der Waals surface area contributed by atoms with Crippen LogP contribution < -0.4 is 5.43 Å². The molecule has 1 N–H and O–H groups in total. The van der Waals surface area contributed by atoms with Crippen molar-refractivity contribution in [1.82, 2.24) is 10.4 Å². The molecule has 0 aliphatic carbocycles. The molecule has 0 spiro atoms. The van der Waals surface area contributed by atoms with Crippen molar-refractivity contribution in [3.05, 3.63) is 18.3 Å². The molecular weight excluding hydrogens is 116 g/mol. The first-order chi connectivity index (χ1) is 4.47. The zero-order valence-electron chi connectivity index (χ0n) is 4.65. The molecule has 0 aromatic carbocycles. The fraction of sp³-hybridized carbons (Fsp3) is 0. The topological polar surface area (TPSA) is 40.0 Å². The number of fused-ring (bicyclic) bond motifs is 1. The lowest BCUT2D eigenvalue weighted by atomic mass is 10.4. The van der Waals surface area contributed by atoms with Gasteiger partial charge in [0.25, 0.3) is 0 Å². The Morgan fingerprint density at radius 1 is 1.44 bits per heavy atom. The second kappa shape index (κ2) is 1.66. The Morgan fingerprint density at radius 2 is 2.44 bits per heavy atom. The number of nitrogens with zero attached hydrogens (tertiary/aromatic N) is 3. The maximum absolute atomic E-state index is 3.69. The molecule has 0 atom stereocenters. The van der Waals surface area contributed by atoms with Crippen LogP contribution in [-0.4, -0.2) is 17.6 Å². The molecule has 0 aromatic heterocycles. The van der Waals surface area contributed by atoms with Gasteiger partial charge in [-0.3, -0.25) is 5.01 Å². The van der Waals surface area contributed by atoms with Crippen LogP contribution in [0.15, 0.2) is 22.0 Å². The predicted molar refractivity (Wildman–Crippen MR) is 34.3 cm³/mol. The Balaban J connectivity index is 2.33. The van der Waals surface area contributed by atoms with E-state index < -0.39 is 0 Å². The van der Waals surface area contributed by atoms with E-state index in [0.717, 1.165) is 5.70 Å². The standard InChI is InChI=1S/C5H5N4/c1-2-8-9-4-7-6-3-5(1)9/h1-4,8H. The quantitative estimate of drug-likeness (QED) is 0.485. The van der Waals surface area contributed by atoms with Crippen LogP contribution in [0.2, 0.25) is 0 Å². The maximum atomic E-state index is 3.69. The fourth-order valence-electron chi connectivity index (χ4n) is 0.737. The molecule has 2 rings (SSSR count). The maximum Gasteiger partial charge on any atom is 0.133 e. The van der Waals surface area contributed by atoms with Crippen molar-refractivity contribution < 1.29 is 0 Å². The Labute approximate surface area is 52.5 Å². The summed E-state index contributed by atoms with van der Waals surface area (Å²) in [7, 11) is 0. The molecule has 45 valence electrons. The highest BCUT2D eigenvalue weighted by atomic mass is 15.6. The highest BCUT2D eigenvalue weighted by Gasteiger charge is 2.12. The summed E-state index contributed by atoms with van der Waals surface area (Å²) in [6.07, 6.45) is 5.24. The third-order valence-corrected chi connectivity index (χ3v) is 1.17. The van der Waals surface area contributed by atoms with Gasteiger partial charge in [-0.05, 0) is 6.08 Å². The molecule has 0 aromatic rings. The third kappa shape index (κ3) is 0.639. The summed E-state index contributed by atoms with van der Waals surface area (Å²) in [5.41, 5.74) is 3.95. The van der Waals surface area contributed by atoms with E-state index in [1.54, 1.807) is 17.6 Å². The first-order valence-electron chi connectivity index (χ1n) is 2.62. The minimum atomic E-state index is 1.02. The van der Waals surface area contributed by atoms with Gasteiger partial charge < -0.3 is 0 Å². The normalized spacial score (nSPS) is 22.2. The molecule has 9 heavy (non-hydrogen) atoms. The monoisotopic (exact) mass is 121 g/mol. The lowest BCUT2D eigenvalue weighted by molar-refractivity contribution is 0.482. The van der Waals surface area contributed by atoms with Crippen molar-refractivity contribution in [3.8, 4) is 0 Å². The summed E-state index contributed by atoms with van der Waals surface area (Å²) < 4.78 is 0. The second-order valence-corrected chi connectivity index (χ2v) is 1.73. The predicted octanol–water partition coefficient (Wildman–Crippen LogP) is -0.120. The van der Waals surface area contributed by atoms with E-state index in [0.29, 0.717) is 0 Å². The van der Waals surface area contributed by atoms with Gasteiger partial charge in [0.1, 0.15) is 6.34 Å². The minimum absolute atomic E-state index is 1.02. The molecule has 1 radical (unpaired) electrons. The summed E-state index contributed by atoms with van der Waals surface area (Å²) in [5.74, 6) is 0. The van der Waals surface area contributed by atoms with Gasteiger partial charge in [0.05, 0.1) is 18.5 Å². The van der Waals surface area contributed by atoms with Gasteiger partial charge in [0.2, 0.25) is 0 Å². The van der Waals surface area contributed by atoms with Gasteiger partial charge in [-0.15, -0.1) is 5.10 Å². The highest BCUT2D eigenvalue weighted by Crippen LogP contribution is 2.06. The highest BCUT2D eigenvalue weighted by molar-refractivity contribution is 5.85. The fourth-order valence-corrected chi connectivity index (χ4v) is 0.737. The van der Waals surface area contributed by atoms with Gasteiger partial charge in [-0.1, -0.05) is 0 Å². The van der Waals surface area contributed by atoms with Crippen LogP contribution >= 0.6 is 0 Å². The van der Waals surface area contributed by atoms with Crippen LogP contribution in [0, 0.1) is 6.54 Å². The van der Waals surface area contributed by atoms with Gasteiger partial charge >= 0.3 is 0 Å². The zero-order chi connectivity index (χ0) is 6.10. The van der Waals surface area contributed by atoms with Crippen LogP contribution in [-0.2, 0) is 0 Å². The van der Waals surface area contributed by atoms with Crippen LogP contribution in [0.4, 0.5) is 0 Å². The molecule has 0 bridgehead atoms. The first kappa shape index (κ1) is 4.69. The second-order valence-electron chi connectivity index (χ2n) is 1.73. The van der Waals surface area contributed by atoms with Crippen molar-refractivity contribution in [3.63, 3.8) is 0 Å². The lowest BCUT2D eigenvalue weighted by Gasteiger charge is -2.14. The Bertz CT molecular complexity index is 200. The number of rotatable bonds is 0. The summed E-state index contributed by atoms with van der Waals surface area (Å²) >= 11 is 0. The largest absolute Gasteiger partial charge is 0.262 e. The van der Waals surface area contributed by atoms with Gasteiger partial charge in [0.15, 0.2) is 0 Å². The molecule has 0 amide bonds. The smallest absolute Gasteiger partial charge is 0.133 e. The molecule has 0 unspecified atom stereocenters. The van der Waals surface area contributed by atoms with Crippen molar-refractivity contribution in [2.24, 2.45) is 10.2 Å². The number of hydrazine groups is 1. The molecule has 4 nitrogen and oxygen atoms in total. The van der Waals surface area contributed by atoms with Gasteiger partial charge in [0, 0.05) is 0 Å². The van der Waals surface area contributed by atoms with E-state index >= 15 is 0 Å². The van der Waals surface area contributed by atoms with E-state index in [9.17, 15) is 0 Å². The minimum Gasteiger partial charge on any atom is -0.262 e. The molecule has 4 heteroatoms. The molecule has 2 aliphatic rings. The molecule has 0 saturated heterocycles. The van der Waals surface area contributed by atoms with Gasteiger partial charge in [-0.25, -0.2) is 5.43 Å². The average Bonchev–Trinajstić information content (AvgIpc) is 2.33. The summed E-state index contributed by atoms with van der Waals surface area (Å²) in [6.45, 7) is 1.83. The van der Waals surface area contributed by atoms with Gasteiger partial charge in [-0.2, -0.15) is 5.10 Å². The summed E-state index contributed by atoms with van der Waals surface area (Å²) in [4.78, 5) is 0. The van der Waals surface area contributed by atoms with E-state index in [-0.39, 0.29) is 0 Å². The number of hydrogen-bond acceptors (Lipinski definition) is 4. The van der Waals surface area contributed by atoms with Crippen LogP contribution in [0.5, 0.6) is 0 Å². The molecule has 2 aliphatic heterocycles. The molecular formula is C5H5N4. The number of hydrogen-bond donors (Lipinski definition) is 1. The SMILES string of the molecule is [CH]1C=C2C=NN=CN2N1. The van der Waals surface area contributed by atoms with Crippen LogP contribution in [0.1, 0.15) is 0 Å². The Hall–Kier alpha value is -1.16. The van der Waals surface area contributed by atoms with Crippen molar-refractivity contribution >= 4 is 12.6 Å². The van der Waals surface area contributed by atoms with Crippen LogP contribution in [0.25, 0.3) is 0 Å². The Morgan fingerprint density at radius 3 is 3.33 bits per heavy atom. The van der Waals surface area contributed by atoms with Crippen molar-refractivity contribution in [2.75, 3.05) is 0 Å². The number of nitrogens with one attached hydrogen (secondary N) is 1. The molecule has 2 heterocycles. The lowest BCUT2D eigenvalue weighted by Crippen LogP contribution is -2.30. The molecule has 0 fully saturated rings. The van der Waals surface area contributed by atoms with Crippen molar-refractivity contribution in [2.45, 2.75) is 0 Å². The summed E-state index contributed by atoms with van der Waals surface area (Å²) in [6, 6.07) is 0. The third-order valence-electron chi connectivity index (χ3n) is 1.17. The first-order valence-corrected chi connectivity index (χ1v) is 2.62. The van der Waals surface area contributed by atoms with E-state index in [1.165, 1.54) is 0 Å². The van der Waals surface area contributed by atoms with E-state index in [1.807, 2.05) is 12.6 Å². The summed E-state index contributed by atoms with van der Waals surface area (Å²) in [5, 5.41) is 9.15. The average molecular weight is 121 g/mol.